The van der Waals surface area contributed by atoms with Crippen LogP contribution in [0.3, 0.4) is 0 Å². The van der Waals surface area contributed by atoms with Crippen molar-refractivity contribution >= 4 is 22.4 Å². The van der Waals surface area contributed by atoms with Gasteiger partial charge in [0.15, 0.2) is 10.8 Å². The van der Waals surface area contributed by atoms with Crippen LogP contribution in [0.5, 0.6) is 0 Å². The number of rotatable bonds is 3. The maximum Gasteiger partial charge on any atom is 0.355 e. The highest BCUT2D eigenvalue weighted by atomic mass is 32.1. The van der Waals surface area contributed by atoms with Crippen molar-refractivity contribution in [2.24, 2.45) is 5.41 Å². The van der Waals surface area contributed by atoms with Gasteiger partial charge in [-0.05, 0) is 18.3 Å². The first kappa shape index (κ1) is 10.4. The Balaban J connectivity index is 2.02. The molecule has 1 fully saturated rings. The van der Waals surface area contributed by atoms with Crippen LogP contribution in [0.4, 0.5) is 5.13 Å². The van der Waals surface area contributed by atoms with Gasteiger partial charge in [0, 0.05) is 11.4 Å². The Morgan fingerprint density at radius 3 is 2.87 bits per heavy atom. The first-order valence-electron chi connectivity index (χ1n) is 4.94. The normalized spacial score (nSPS) is 23.2. The Bertz CT molecular complexity index is 387. The Morgan fingerprint density at radius 2 is 2.47 bits per heavy atom. The van der Waals surface area contributed by atoms with Crippen molar-refractivity contribution < 1.29 is 9.90 Å². The van der Waals surface area contributed by atoms with Crippen LogP contribution < -0.4 is 5.32 Å². The van der Waals surface area contributed by atoms with Crippen LogP contribution >= 0.6 is 11.3 Å². The fourth-order valence-electron chi connectivity index (χ4n) is 1.72. The molecule has 1 saturated carbocycles. The van der Waals surface area contributed by atoms with E-state index in [1.54, 1.807) is 5.38 Å². The summed E-state index contributed by atoms with van der Waals surface area (Å²) in [6.07, 6.45) is 2.34. The molecule has 5 heteroatoms. The fourth-order valence-corrected chi connectivity index (χ4v) is 2.46. The second-order valence-corrected chi connectivity index (χ2v) is 5.43. The van der Waals surface area contributed by atoms with Crippen molar-refractivity contribution in [3.63, 3.8) is 0 Å². The van der Waals surface area contributed by atoms with Crippen molar-refractivity contribution in [2.75, 3.05) is 5.32 Å². The molecule has 82 valence electrons. The predicted molar refractivity (Wildman–Crippen MR) is 59.5 cm³/mol. The Hall–Kier alpha value is -1.10. The Labute approximate surface area is 92.3 Å². The van der Waals surface area contributed by atoms with E-state index in [1.165, 1.54) is 17.8 Å². The average Bonchev–Trinajstić information content (AvgIpc) is 2.61. The van der Waals surface area contributed by atoms with Gasteiger partial charge in [0.1, 0.15) is 0 Å². The molecule has 1 aliphatic rings. The molecule has 0 aliphatic heterocycles. The van der Waals surface area contributed by atoms with Crippen molar-refractivity contribution in [3.05, 3.63) is 11.1 Å². The molecular weight excluding hydrogens is 212 g/mol. The lowest BCUT2D eigenvalue weighted by Gasteiger charge is -2.44. The molecule has 1 aromatic rings. The lowest BCUT2D eigenvalue weighted by atomic mass is 9.67. The molecule has 1 unspecified atom stereocenters. The van der Waals surface area contributed by atoms with Gasteiger partial charge < -0.3 is 10.4 Å². The minimum atomic E-state index is -0.966. The van der Waals surface area contributed by atoms with Gasteiger partial charge in [-0.25, -0.2) is 9.78 Å². The van der Waals surface area contributed by atoms with E-state index < -0.39 is 5.97 Å². The first-order chi connectivity index (χ1) is 6.99. The third-order valence-electron chi connectivity index (χ3n) is 3.04. The summed E-state index contributed by atoms with van der Waals surface area (Å²) in [5.74, 6) is -0.966. The lowest BCUT2D eigenvalue weighted by Crippen LogP contribution is -2.45. The van der Waals surface area contributed by atoms with E-state index in [0.29, 0.717) is 16.6 Å². The standard InChI is InChI=1S/C10H14N2O2S/c1-10(2)4-3-7(10)12-9-11-6(5-15-9)8(13)14/h5,7H,3-4H2,1-2H3,(H,11,12)(H,13,14). The zero-order valence-electron chi connectivity index (χ0n) is 8.78. The van der Waals surface area contributed by atoms with Crippen LogP contribution in [-0.4, -0.2) is 22.1 Å². The lowest BCUT2D eigenvalue weighted by molar-refractivity contribution is 0.0691. The molecule has 4 nitrogen and oxygen atoms in total. The molecule has 15 heavy (non-hydrogen) atoms. The topological polar surface area (TPSA) is 62.2 Å². The van der Waals surface area contributed by atoms with Crippen molar-refractivity contribution in [1.82, 2.24) is 4.98 Å². The molecule has 0 radical (unpaired) electrons. The average molecular weight is 226 g/mol. The highest BCUT2D eigenvalue weighted by Crippen LogP contribution is 2.42. The molecule has 0 bridgehead atoms. The number of carboxylic acids is 1. The van der Waals surface area contributed by atoms with Gasteiger partial charge in [-0.3, -0.25) is 0 Å². The van der Waals surface area contributed by atoms with Crippen LogP contribution in [0.15, 0.2) is 5.38 Å². The number of carboxylic acid groups (broad SMARTS) is 1. The predicted octanol–water partition coefficient (Wildman–Crippen LogP) is 2.44. The number of anilines is 1. The number of nitrogens with zero attached hydrogens (tertiary/aromatic N) is 1. The quantitative estimate of drug-likeness (QED) is 0.831. The maximum absolute atomic E-state index is 10.6. The molecule has 0 aromatic carbocycles. The third kappa shape index (κ3) is 1.97. The molecular formula is C10H14N2O2S. The van der Waals surface area contributed by atoms with Crippen LogP contribution in [0.1, 0.15) is 37.2 Å². The summed E-state index contributed by atoms with van der Waals surface area (Å²) < 4.78 is 0. The summed E-state index contributed by atoms with van der Waals surface area (Å²) in [6, 6.07) is 0.422. The van der Waals surface area contributed by atoms with Crippen LogP contribution in [-0.2, 0) is 0 Å². The number of nitrogens with one attached hydrogen (secondary N) is 1. The summed E-state index contributed by atoms with van der Waals surface area (Å²) in [4.78, 5) is 14.6. The molecule has 0 amide bonds. The minimum absolute atomic E-state index is 0.125. The summed E-state index contributed by atoms with van der Waals surface area (Å²) in [5, 5.41) is 14.3. The summed E-state index contributed by atoms with van der Waals surface area (Å²) in [5.41, 5.74) is 0.425. The van der Waals surface area contributed by atoms with Gasteiger partial charge in [0.05, 0.1) is 0 Å². The van der Waals surface area contributed by atoms with Crippen molar-refractivity contribution in [1.29, 1.82) is 0 Å². The molecule has 0 spiro atoms. The molecule has 1 atom stereocenters. The van der Waals surface area contributed by atoms with Gasteiger partial charge in [-0.1, -0.05) is 13.8 Å². The van der Waals surface area contributed by atoms with E-state index in [0.717, 1.165) is 6.42 Å². The molecule has 0 saturated heterocycles. The Morgan fingerprint density at radius 1 is 1.73 bits per heavy atom. The number of aromatic nitrogens is 1. The number of thiazole rings is 1. The molecule has 1 heterocycles. The second-order valence-electron chi connectivity index (χ2n) is 4.57. The third-order valence-corrected chi connectivity index (χ3v) is 3.82. The smallest absolute Gasteiger partial charge is 0.355 e. The molecule has 1 aromatic heterocycles. The number of hydrogen-bond donors (Lipinski definition) is 2. The summed E-state index contributed by atoms with van der Waals surface area (Å²) in [6.45, 7) is 4.42. The molecule has 2 rings (SSSR count). The van der Waals surface area contributed by atoms with Gasteiger partial charge in [-0.2, -0.15) is 0 Å². The van der Waals surface area contributed by atoms with Crippen LogP contribution in [0.25, 0.3) is 0 Å². The highest BCUT2D eigenvalue weighted by Gasteiger charge is 2.38. The van der Waals surface area contributed by atoms with Crippen molar-refractivity contribution in [3.8, 4) is 0 Å². The van der Waals surface area contributed by atoms with Gasteiger partial charge in [0.2, 0.25) is 0 Å². The SMILES string of the molecule is CC1(C)CCC1Nc1nc(C(=O)O)cs1. The van der Waals surface area contributed by atoms with E-state index in [4.69, 9.17) is 5.11 Å². The van der Waals surface area contributed by atoms with E-state index in [9.17, 15) is 4.79 Å². The number of hydrogen-bond acceptors (Lipinski definition) is 4. The zero-order chi connectivity index (χ0) is 11.1. The molecule has 2 N–H and O–H groups in total. The number of aromatic carboxylic acids is 1. The van der Waals surface area contributed by atoms with Gasteiger partial charge in [0.25, 0.3) is 0 Å². The fraction of sp³-hybridized carbons (Fsp3) is 0.600. The first-order valence-corrected chi connectivity index (χ1v) is 5.82. The molecule has 1 aliphatic carbocycles. The van der Waals surface area contributed by atoms with E-state index in [2.05, 4.69) is 24.1 Å². The maximum atomic E-state index is 10.6. The van der Waals surface area contributed by atoms with E-state index >= 15 is 0 Å². The monoisotopic (exact) mass is 226 g/mol. The van der Waals surface area contributed by atoms with E-state index in [-0.39, 0.29) is 5.69 Å². The Kier molecular flexibility index (Phi) is 2.42. The minimum Gasteiger partial charge on any atom is -0.476 e. The van der Waals surface area contributed by atoms with Crippen molar-refractivity contribution in [2.45, 2.75) is 32.7 Å². The van der Waals surface area contributed by atoms with Crippen LogP contribution in [0, 0.1) is 5.41 Å². The summed E-state index contributed by atoms with van der Waals surface area (Å²) in [7, 11) is 0. The summed E-state index contributed by atoms with van der Waals surface area (Å²) >= 11 is 1.35. The largest absolute Gasteiger partial charge is 0.476 e. The highest BCUT2D eigenvalue weighted by molar-refractivity contribution is 7.13. The van der Waals surface area contributed by atoms with Gasteiger partial charge >= 0.3 is 5.97 Å². The van der Waals surface area contributed by atoms with Gasteiger partial charge in [-0.15, -0.1) is 11.3 Å². The van der Waals surface area contributed by atoms with Crippen LogP contribution in [0.2, 0.25) is 0 Å². The zero-order valence-corrected chi connectivity index (χ0v) is 9.60. The second kappa shape index (κ2) is 3.48. The number of carbonyl (C=O) groups is 1. The van der Waals surface area contributed by atoms with E-state index in [1.807, 2.05) is 0 Å².